The molecular formula is C11H12FNO. The van der Waals surface area contributed by atoms with E-state index in [1.165, 1.54) is 6.07 Å². The quantitative estimate of drug-likeness (QED) is 0.624. The Morgan fingerprint density at radius 3 is 3.07 bits per heavy atom. The van der Waals surface area contributed by atoms with Crippen LogP contribution in [0.25, 0.3) is 0 Å². The summed E-state index contributed by atoms with van der Waals surface area (Å²) in [6.45, 7) is 2.53. The van der Waals surface area contributed by atoms with Crippen LogP contribution >= 0.6 is 0 Å². The molecule has 0 aromatic heterocycles. The highest BCUT2D eigenvalue weighted by molar-refractivity contribution is 5.51. The summed E-state index contributed by atoms with van der Waals surface area (Å²) in [6, 6.07) is 5.05. The van der Waals surface area contributed by atoms with Gasteiger partial charge in [-0.2, -0.15) is 0 Å². The Labute approximate surface area is 82.3 Å². The van der Waals surface area contributed by atoms with E-state index in [0.29, 0.717) is 13.0 Å². The van der Waals surface area contributed by atoms with Crippen LogP contribution in [-0.4, -0.2) is 17.9 Å². The molecule has 0 bridgehead atoms. The van der Waals surface area contributed by atoms with Crippen LogP contribution in [0.15, 0.2) is 18.2 Å². The second-order valence-corrected chi connectivity index (χ2v) is 3.58. The van der Waals surface area contributed by atoms with Crippen LogP contribution < -0.4 is 0 Å². The van der Waals surface area contributed by atoms with Gasteiger partial charge in [0.2, 0.25) is 6.41 Å². The van der Waals surface area contributed by atoms with Crippen molar-refractivity contribution in [3.8, 4) is 0 Å². The first-order chi connectivity index (χ1) is 6.74. The number of fused-ring (bicyclic) bond motifs is 1. The van der Waals surface area contributed by atoms with Crippen molar-refractivity contribution in [1.82, 2.24) is 4.90 Å². The minimum atomic E-state index is -0.153. The first-order valence-electron chi connectivity index (χ1n) is 4.72. The zero-order chi connectivity index (χ0) is 10.1. The molecule has 0 N–H and O–H groups in total. The van der Waals surface area contributed by atoms with Gasteiger partial charge in [0, 0.05) is 6.54 Å². The molecule has 0 saturated heterocycles. The Morgan fingerprint density at radius 1 is 1.57 bits per heavy atom. The first-order valence-corrected chi connectivity index (χ1v) is 4.72. The van der Waals surface area contributed by atoms with Gasteiger partial charge >= 0.3 is 0 Å². The third kappa shape index (κ3) is 1.29. The maximum absolute atomic E-state index is 13.4. The van der Waals surface area contributed by atoms with Crippen molar-refractivity contribution >= 4 is 6.41 Å². The van der Waals surface area contributed by atoms with Gasteiger partial charge in [0.15, 0.2) is 0 Å². The second kappa shape index (κ2) is 3.40. The number of benzene rings is 1. The van der Waals surface area contributed by atoms with E-state index in [-0.39, 0.29) is 11.9 Å². The summed E-state index contributed by atoms with van der Waals surface area (Å²) < 4.78 is 13.4. The summed E-state index contributed by atoms with van der Waals surface area (Å²) >= 11 is 0. The Bertz CT molecular complexity index is 364. The molecule has 1 aromatic rings. The van der Waals surface area contributed by atoms with E-state index < -0.39 is 0 Å². The molecule has 0 fully saturated rings. The molecule has 1 atom stereocenters. The van der Waals surface area contributed by atoms with E-state index in [4.69, 9.17) is 0 Å². The van der Waals surface area contributed by atoms with Gasteiger partial charge in [-0.15, -0.1) is 0 Å². The number of carbonyl (C=O) groups excluding carboxylic acids is 1. The lowest BCUT2D eigenvalue weighted by Crippen LogP contribution is -2.33. The highest BCUT2D eigenvalue weighted by atomic mass is 19.1. The monoisotopic (exact) mass is 193 g/mol. The van der Waals surface area contributed by atoms with Crippen molar-refractivity contribution in [2.24, 2.45) is 0 Å². The Hall–Kier alpha value is -1.38. The number of amides is 1. The lowest BCUT2D eigenvalue weighted by molar-refractivity contribution is -0.120. The van der Waals surface area contributed by atoms with E-state index in [0.717, 1.165) is 17.5 Å². The highest BCUT2D eigenvalue weighted by Gasteiger charge is 2.24. The van der Waals surface area contributed by atoms with Crippen LogP contribution in [0.1, 0.15) is 24.1 Å². The van der Waals surface area contributed by atoms with Gasteiger partial charge in [-0.05, 0) is 30.5 Å². The molecule has 1 aliphatic rings. The van der Waals surface area contributed by atoms with Gasteiger partial charge in [-0.25, -0.2) is 4.39 Å². The fourth-order valence-corrected chi connectivity index (χ4v) is 1.99. The molecule has 1 aromatic carbocycles. The van der Waals surface area contributed by atoms with Gasteiger partial charge < -0.3 is 4.90 Å². The van der Waals surface area contributed by atoms with Gasteiger partial charge in [0.1, 0.15) is 5.82 Å². The summed E-state index contributed by atoms with van der Waals surface area (Å²) in [4.78, 5) is 12.4. The normalized spacial score (nSPS) is 20.4. The van der Waals surface area contributed by atoms with Crippen LogP contribution in [0.4, 0.5) is 4.39 Å². The van der Waals surface area contributed by atoms with E-state index in [1.807, 2.05) is 13.0 Å². The Kier molecular flexibility index (Phi) is 2.23. The minimum absolute atomic E-state index is 0.00745. The zero-order valence-corrected chi connectivity index (χ0v) is 8.03. The van der Waals surface area contributed by atoms with Crippen LogP contribution in [0.3, 0.4) is 0 Å². The molecule has 14 heavy (non-hydrogen) atoms. The van der Waals surface area contributed by atoms with Crippen molar-refractivity contribution in [2.45, 2.75) is 19.4 Å². The zero-order valence-electron chi connectivity index (χ0n) is 8.03. The lowest BCUT2D eigenvalue weighted by atomic mass is 9.94. The average molecular weight is 193 g/mol. The predicted octanol–water partition coefficient (Wildman–Crippen LogP) is 1.90. The fourth-order valence-electron chi connectivity index (χ4n) is 1.99. The number of halogens is 1. The number of hydrogen-bond donors (Lipinski definition) is 0. The molecule has 0 aliphatic carbocycles. The summed E-state index contributed by atoms with van der Waals surface area (Å²) in [7, 11) is 0. The third-order valence-corrected chi connectivity index (χ3v) is 2.86. The van der Waals surface area contributed by atoms with Crippen LogP contribution in [0, 0.1) is 5.82 Å². The maximum Gasteiger partial charge on any atom is 0.210 e. The minimum Gasteiger partial charge on any atom is -0.338 e. The number of hydrogen-bond acceptors (Lipinski definition) is 1. The van der Waals surface area contributed by atoms with Crippen molar-refractivity contribution < 1.29 is 9.18 Å². The van der Waals surface area contributed by atoms with E-state index >= 15 is 0 Å². The van der Waals surface area contributed by atoms with Gasteiger partial charge in [-0.1, -0.05) is 12.1 Å². The largest absolute Gasteiger partial charge is 0.338 e. The summed E-state index contributed by atoms with van der Waals surface area (Å²) in [5.74, 6) is -0.153. The number of carbonyl (C=O) groups is 1. The summed E-state index contributed by atoms with van der Waals surface area (Å²) in [5.41, 5.74) is 1.70. The van der Waals surface area contributed by atoms with Crippen molar-refractivity contribution in [2.75, 3.05) is 6.54 Å². The molecule has 1 heterocycles. The Balaban J connectivity index is 2.45. The molecule has 1 amide bonds. The molecule has 1 aliphatic heterocycles. The average Bonchev–Trinajstić information content (AvgIpc) is 2.20. The SMILES string of the molecule is CC1c2cccc(F)c2CCN1C=O. The number of nitrogens with zero attached hydrogens (tertiary/aromatic N) is 1. The van der Waals surface area contributed by atoms with Crippen LogP contribution in [0.2, 0.25) is 0 Å². The topological polar surface area (TPSA) is 20.3 Å². The predicted molar refractivity (Wildman–Crippen MR) is 51.3 cm³/mol. The molecule has 0 saturated carbocycles. The molecule has 1 unspecified atom stereocenters. The lowest BCUT2D eigenvalue weighted by Gasteiger charge is -2.32. The maximum atomic E-state index is 13.4. The van der Waals surface area contributed by atoms with Crippen LogP contribution in [-0.2, 0) is 11.2 Å². The molecule has 0 radical (unpaired) electrons. The van der Waals surface area contributed by atoms with Crippen molar-refractivity contribution in [3.63, 3.8) is 0 Å². The molecule has 2 nitrogen and oxygen atoms in total. The molecule has 0 spiro atoms. The molecule has 2 rings (SSSR count). The third-order valence-electron chi connectivity index (χ3n) is 2.86. The highest BCUT2D eigenvalue weighted by Crippen LogP contribution is 2.29. The smallest absolute Gasteiger partial charge is 0.210 e. The second-order valence-electron chi connectivity index (χ2n) is 3.58. The molecule has 74 valence electrons. The number of rotatable bonds is 1. The molecule has 3 heteroatoms. The Morgan fingerprint density at radius 2 is 2.36 bits per heavy atom. The summed E-state index contributed by atoms with van der Waals surface area (Å²) in [5, 5.41) is 0. The van der Waals surface area contributed by atoms with Gasteiger partial charge in [-0.3, -0.25) is 4.79 Å². The first kappa shape index (κ1) is 9.19. The van der Waals surface area contributed by atoms with Gasteiger partial charge in [0.25, 0.3) is 0 Å². The summed E-state index contributed by atoms with van der Waals surface area (Å²) in [6.07, 6.45) is 1.45. The fraction of sp³-hybridized carbons (Fsp3) is 0.364. The standard InChI is InChI=1S/C11H12FNO/c1-8-9-3-2-4-11(12)10(9)5-6-13(8)7-14/h2-4,7-8H,5-6H2,1H3. The van der Waals surface area contributed by atoms with Gasteiger partial charge in [0.05, 0.1) is 6.04 Å². The van der Waals surface area contributed by atoms with Crippen molar-refractivity contribution in [1.29, 1.82) is 0 Å². The van der Waals surface area contributed by atoms with Crippen molar-refractivity contribution in [3.05, 3.63) is 35.1 Å². The van der Waals surface area contributed by atoms with E-state index in [1.54, 1.807) is 11.0 Å². The van der Waals surface area contributed by atoms with E-state index in [9.17, 15) is 9.18 Å². The van der Waals surface area contributed by atoms with Crippen LogP contribution in [0.5, 0.6) is 0 Å². The van der Waals surface area contributed by atoms with E-state index in [2.05, 4.69) is 0 Å². The molecular weight excluding hydrogens is 181 g/mol.